The van der Waals surface area contributed by atoms with Crippen molar-refractivity contribution in [2.75, 3.05) is 18.5 Å². The number of hydrogen-bond donors (Lipinski definition) is 1. The highest BCUT2D eigenvalue weighted by Crippen LogP contribution is 2.43. The average Bonchev–Trinajstić information content (AvgIpc) is 3.24. The van der Waals surface area contributed by atoms with E-state index in [1.54, 1.807) is 26.0 Å². The molecule has 3 rings (SSSR count). The van der Waals surface area contributed by atoms with Crippen LogP contribution in [0.5, 0.6) is 0 Å². The molecule has 2 atom stereocenters. The number of benzene rings is 1. The van der Waals surface area contributed by atoms with Crippen LogP contribution in [0.1, 0.15) is 38.0 Å². The quantitative estimate of drug-likeness (QED) is 0.666. The number of allylic oxidation sites excluding steroid dienone is 1. The standard InChI is InChI=1S/C24H27NO5/c1-5-28-23(26)20-16(4)14-18(25-17-11-9-15(3)10-12-17)21(24(27)29-6-2)22(20)19-8-7-13-30-19/h7-14,20,22,25H,5-6H2,1-4H3/t20-,22-/m0/s1. The van der Waals surface area contributed by atoms with Gasteiger partial charge in [-0.2, -0.15) is 0 Å². The monoisotopic (exact) mass is 409 g/mol. The number of ether oxygens (including phenoxy) is 2. The van der Waals surface area contributed by atoms with Crippen LogP contribution in [0.25, 0.3) is 0 Å². The van der Waals surface area contributed by atoms with E-state index in [-0.39, 0.29) is 13.2 Å². The molecule has 0 spiro atoms. The Kier molecular flexibility index (Phi) is 6.77. The van der Waals surface area contributed by atoms with Crippen molar-refractivity contribution in [2.24, 2.45) is 5.92 Å². The summed E-state index contributed by atoms with van der Waals surface area (Å²) in [5.74, 6) is -1.72. The predicted octanol–water partition coefficient (Wildman–Crippen LogP) is 4.74. The Morgan fingerprint density at radius 1 is 1.03 bits per heavy atom. The molecule has 0 unspecified atom stereocenters. The third kappa shape index (κ3) is 4.48. The van der Waals surface area contributed by atoms with E-state index in [1.807, 2.05) is 44.2 Å². The fourth-order valence-corrected chi connectivity index (χ4v) is 3.66. The number of nitrogens with one attached hydrogen (secondary N) is 1. The summed E-state index contributed by atoms with van der Waals surface area (Å²) >= 11 is 0. The minimum absolute atomic E-state index is 0.220. The minimum Gasteiger partial charge on any atom is -0.469 e. The van der Waals surface area contributed by atoms with Crippen LogP contribution in [0.4, 0.5) is 5.69 Å². The fourth-order valence-electron chi connectivity index (χ4n) is 3.66. The van der Waals surface area contributed by atoms with E-state index in [2.05, 4.69) is 5.32 Å². The smallest absolute Gasteiger partial charge is 0.336 e. The highest BCUT2D eigenvalue weighted by Gasteiger charge is 2.43. The van der Waals surface area contributed by atoms with E-state index in [0.29, 0.717) is 17.0 Å². The molecule has 0 fully saturated rings. The lowest BCUT2D eigenvalue weighted by molar-refractivity contribution is -0.147. The molecule has 0 amide bonds. The lowest BCUT2D eigenvalue weighted by Crippen LogP contribution is -2.33. The number of carbonyl (C=O) groups excluding carboxylic acids is 2. The lowest BCUT2D eigenvalue weighted by atomic mass is 9.75. The number of aryl methyl sites for hydroxylation is 1. The van der Waals surface area contributed by atoms with Gasteiger partial charge in [0.1, 0.15) is 5.76 Å². The molecule has 1 aliphatic rings. The number of rotatable bonds is 7. The Bertz CT molecular complexity index is 954. The highest BCUT2D eigenvalue weighted by atomic mass is 16.5. The van der Waals surface area contributed by atoms with Gasteiger partial charge in [-0.25, -0.2) is 4.79 Å². The van der Waals surface area contributed by atoms with Crippen molar-refractivity contribution >= 4 is 17.6 Å². The van der Waals surface area contributed by atoms with Gasteiger partial charge in [0.05, 0.1) is 36.9 Å². The van der Waals surface area contributed by atoms with E-state index in [0.717, 1.165) is 16.8 Å². The second kappa shape index (κ2) is 9.48. The Morgan fingerprint density at radius 3 is 2.33 bits per heavy atom. The van der Waals surface area contributed by atoms with Crippen LogP contribution in [0.15, 0.2) is 70.0 Å². The molecule has 0 saturated carbocycles. The molecule has 30 heavy (non-hydrogen) atoms. The normalized spacial score (nSPS) is 18.6. The molecule has 158 valence electrons. The van der Waals surface area contributed by atoms with Gasteiger partial charge in [0, 0.05) is 11.4 Å². The second-order valence-corrected chi connectivity index (χ2v) is 7.15. The first-order valence-electron chi connectivity index (χ1n) is 10.1. The zero-order valence-electron chi connectivity index (χ0n) is 17.7. The molecule has 1 aliphatic carbocycles. The first-order valence-corrected chi connectivity index (χ1v) is 10.1. The van der Waals surface area contributed by atoms with Crippen molar-refractivity contribution in [3.8, 4) is 0 Å². The zero-order chi connectivity index (χ0) is 21.7. The molecule has 0 aliphatic heterocycles. The average molecular weight is 409 g/mol. The molecule has 1 heterocycles. The van der Waals surface area contributed by atoms with Crippen molar-refractivity contribution in [1.82, 2.24) is 0 Å². The largest absolute Gasteiger partial charge is 0.469 e. The summed E-state index contributed by atoms with van der Waals surface area (Å²) in [5.41, 5.74) is 3.66. The van der Waals surface area contributed by atoms with Crippen LogP contribution in [0, 0.1) is 12.8 Å². The third-order valence-corrected chi connectivity index (χ3v) is 5.01. The van der Waals surface area contributed by atoms with Gasteiger partial charge in [-0.15, -0.1) is 0 Å². The van der Waals surface area contributed by atoms with Crippen molar-refractivity contribution < 1.29 is 23.5 Å². The first-order chi connectivity index (χ1) is 14.5. The van der Waals surface area contributed by atoms with Gasteiger partial charge in [-0.1, -0.05) is 23.3 Å². The van der Waals surface area contributed by atoms with Crippen LogP contribution < -0.4 is 5.32 Å². The molecular formula is C24H27NO5. The van der Waals surface area contributed by atoms with Gasteiger partial charge >= 0.3 is 11.9 Å². The van der Waals surface area contributed by atoms with Gasteiger partial charge in [-0.3, -0.25) is 4.79 Å². The van der Waals surface area contributed by atoms with Crippen LogP contribution in [0.2, 0.25) is 0 Å². The molecule has 0 bridgehead atoms. The number of anilines is 1. The molecule has 1 aromatic carbocycles. The molecule has 6 nitrogen and oxygen atoms in total. The van der Waals surface area contributed by atoms with Crippen LogP contribution in [-0.4, -0.2) is 25.2 Å². The summed E-state index contributed by atoms with van der Waals surface area (Å²) in [5, 5.41) is 3.32. The van der Waals surface area contributed by atoms with E-state index in [4.69, 9.17) is 13.9 Å². The molecule has 0 radical (unpaired) electrons. The number of furan rings is 1. The molecule has 6 heteroatoms. The van der Waals surface area contributed by atoms with Crippen LogP contribution in [0.3, 0.4) is 0 Å². The fraction of sp³-hybridized carbons (Fsp3) is 0.333. The Hall–Kier alpha value is -3.28. The minimum atomic E-state index is -0.681. The molecular weight excluding hydrogens is 382 g/mol. The number of carbonyl (C=O) groups is 2. The van der Waals surface area contributed by atoms with Gasteiger partial charge in [0.25, 0.3) is 0 Å². The first kappa shape index (κ1) is 21.4. The van der Waals surface area contributed by atoms with Gasteiger partial charge in [0.2, 0.25) is 0 Å². The predicted molar refractivity (Wildman–Crippen MR) is 114 cm³/mol. The second-order valence-electron chi connectivity index (χ2n) is 7.15. The summed E-state index contributed by atoms with van der Waals surface area (Å²) in [7, 11) is 0. The molecule has 1 aromatic heterocycles. The Labute approximate surface area is 176 Å². The SMILES string of the molecule is CCOC(=O)C1=C(Nc2ccc(C)cc2)C=C(C)[C@H](C(=O)OCC)[C@@H]1c1ccco1. The zero-order valence-corrected chi connectivity index (χ0v) is 17.7. The van der Waals surface area contributed by atoms with Crippen molar-refractivity contribution in [2.45, 2.75) is 33.6 Å². The van der Waals surface area contributed by atoms with Crippen molar-refractivity contribution in [3.05, 3.63) is 76.9 Å². The van der Waals surface area contributed by atoms with Gasteiger partial charge in [0.15, 0.2) is 0 Å². The summed E-state index contributed by atoms with van der Waals surface area (Å²) in [6.07, 6.45) is 3.34. The number of esters is 2. The van der Waals surface area contributed by atoms with Crippen LogP contribution >= 0.6 is 0 Å². The van der Waals surface area contributed by atoms with Crippen molar-refractivity contribution in [3.63, 3.8) is 0 Å². The highest BCUT2D eigenvalue weighted by molar-refractivity contribution is 5.95. The Morgan fingerprint density at radius 2 is 1.73 bits per heavy atom. The van der Waals surface area contributed by atoms with E-state index < -0.39 is 23.8 Å². The molecule has 2 aromatic rings. The van der Waals surface area contributed by atoms with Gasteiger partial charge in [-0.05, 0) is 58.0 Å². The molecule has 0 saturated heterocycles. The summed E-state index contributed by atoms with van der Waals surface area (Å²) in [4.78, 5) is 25.9. The maximum atomic E-state index is 13.0. The lowest BCUT2D eigenvalue weighted by Gasteiger charge is -2.31. The maximum Gasteiger partial charge on any atom is 0.336 e. The molecule has 1 N–H and O–H groups in total. The number of hydrogen-bond acceptors (Lipinski definition) is 6. The van der Waals surface area contributed by atoms with E-state index in [9.17, 15) is 9.59 Å². The summed E-state index contributed by atoms with van der Waals surface area (Å²) in [6, 6.07) is 11.3. The summed E-state index contributed by atoms with van der Waals surface area (Å²) in [6.45, 7) is 7.84. The third-order valence-electron chi connectivity index (χ3n) is 5.01. The maximum absolute atomic E-state index is 13.0. The van der Waals surface area contributed by atoms with E-state index >= 15 is 0 Å². The Balaban J connectivity index is 2.14. The van der Waals surface area contributed by atoms with Crippen molar-refractivity contribution in [1.29, 1.82) is 0 Å². The summed E-state index contributed by atoms with van der Waals surface area (Å²) < 4.78 is 16.3. The topological polar surface area (TPSA) is 77.8 Å². The van der Waals surface area contributed by atoms with Crippen LogP contribution in [-0.2, 0) is 19.1 Å². The van der Waals surface area contributed by atoms with Gasteiger partial charge < -0.3 is 19.2 Å². The van der Waals surface area contributed by atoms with E-state index in [1.165, 1.54) is 6.26 Å².